The number of ether oxygens (including phenoxy) is 2. The van der Waals surface area contributed by atoms with Crippen LogP contribution < -0.4 is 9.47 Å². The van der Waals surface area contributed by atoms with E-state index in [1.807, 2.05) is 47.5 Å². The van der Waals surface area contributed by atoms with Crippen molar-refractivity contribution in [3.8, 4) is 11.5 Å². The highest BCUT2D eigenvalue weighted by Gasteiger charge is 2.42. The van der Waals surface area contributed by atoms with E-state index in [2.05, 4.69) is 0 Å². The second kappa shape index (κ2) is 7.08. The van der Waals surface area contributed by atoms with Crippen molar-refractivity contribution < 1.29 is 13.9 Å². The number of hydrazone groups is 1. The van der Waals surface area contributed by atoms with Gasteiger partial charge < -0.3 is 9.47 Å². The molecule has 0 aromatic heterocycles. The molecule has 0 amide bonds. The lowest BCUT2D eigenvalue weighted by Gasteiger charge is -2.38. The quantitative estimate of drug-likeness (QED) is 0.555. The van der Waals surface area contributed by atoms with E-state index < -0.39 is 6.23 Å². The van der Waals surface area contributed by atoms with E-state index in [4.69, 9.17) is 26.2 Å². The first kappa shape index (κ1) is 18.0. The van der Waals surface area contributed by atoms with Crippen LogP contribution in [0.3, 0.4) is 0 Å². The molecule has 146 valence electrons. The molecule has 29 heavy (non-hydrogen) atoms. The Labute approximate surface area is 173 Å². The topological polar surface area (TPSA) is 34.1 Å². The second-order valence-corrected chi connectivity index (χ2v) is 7.48. The maximum Gasteiger partial charge on any atom is 0.217 e. The molecular weight excluding hydrogens is 391 g/mol. The van der Waals surface area contributed by atoms with Gasteiger partial charge in [-0.2, -0.15) is 5.10 Å². The van der Waals surface area contributed by atoms with Gasteiger partial charge in [-0.25, -0.2) is 9.40 Å². The molecule has 2 aliphatic heterocycles. The summed E-state index contributed by atoms with van der Waals surface area (Å²) in [5.41, 5.74) is 3.66. The van der Waals surface area contributed by atoms with Gasteiger partial charge in [0.25, 0.3) is 0 Å². The first-order valence-electron chi connectivity index (χ1n) is 9.35. The van der Waals surface area contributed by atoms with Crippen LogP contribution in [0.1, 0.15) is 35.4 Å². The Hall–Kier alpha value is -3.05. The number of nitrogens with zero attached hydrogens (tertiary/aromatic N) is 2. The molecule has 2 aliphatic rings. The lowest BCUT2D eigenvalue weighted by molar-refractivity contribution is -0.0203. The predicted molar refractivity (Wildman–Crippen MR) is 110 cm³/mol. The number of methoxy groups -OCH3 is 1. The Balaban J connectivity index is 1.62. The number of rotatable bonds is 3. The normalized spacial score (nSPS) is 19.8. The minimum atomic E-state index is -0.442. The second-order valence-electron chi connectivity index (χ2n) is 7.05. The van der Waals surface area contributed by atoms with Crippen LogP contribution in [0.25, 0.3) is 0 Å². The Bertz CT molecular complexity index is 1100. The zero-order valence-corrected chi connectivity index (χ0v) is 16.4. The number of para-hydroxylation sites is 1. The summed E-state index contributed by atoms with van der Waals surface area (Å²) >= 11 is 6.27. The molecule has 0 spiro atoms. The molecule has 0 aliphatic carbocycles. The molecule has 0 saturated heterocycles. The van der Waals surface area contributed by atoms with Crippen LogP contribution >= 0.6 is 11.6 Å². The van der Waals surface area contributed by atoms with Gasteiger partial charge in [0.15, 0.2) is 0 Å². The first-order valence-corrected chi connectivity index (χ1v) is 9.72. The summed E-state index contributed by atoms with van der Waals surface area (Å²) in [4.78, 5) is 0. The zero-order chi connectivity index (χ0) is 20.0. The molecule has 0 saturated carbocycles. The van der Waals surface area contributed by atoms with Crippen molar-refractivity contribution in [1.29, 1.82) is 0 Å². The monoisotopic (exact) mass is 408 g/mol. The number of halogens is 2. The van der Waals surface area contributed by atoms with Crippen LogP contribution in [0.15, 0.2) is 71.8 Å². The van der Waals surface area contributed by atoms with Crippen molar-refractivity contribution in [3.63, 3.8) is 0 Å². The smallest absolute Gasteiger partial charge is 0.217 e. The summed E-state index contributed by atoms with van der Waals surface area (Å²) in [6.07, 6.45) is 0.233. The molecule has 2 heterocycles. The summed E-state index contributed by atoms with van der Waals surface area (Å²) in [6, 6.07) is 19.8. The Kier molecular flexibility index (Phi) is 4.40. The SMILES string of the molecule is COc1ccccc1[C@@H]1Oc2ccc(Cl)cc2[C@@H]2CC(c3ccc(F)cc3)=NN21. The standard InChI is InChI=1S/C23H18ClFN2O2/c1-28-21-5-3-2-4-17(21)23-27-20(18-12-15(24)8-11-22(18)29-23)13-19(26-27)14-6-9-16(25)10-7-14/h2-12,20,23H,13H2,1H3/t20-,23-/m0/s1. The van der Waals surface area contributed by atoms with Crippen molar-refractivity contribution >= 4 is 17.3 Å². The van der Waals surface area contributed by atoms with Crippen LogP contribution in [-0.4, -0.2) is 17.8 Å². The molecule has 3 aromatic carbocycles. The molecule has 2 atom stereocenters. The molecule has 6 heteroatoms. The van der Waals surface area contributed by atoms with E-state index >= 15 is 0 Å². The van der Waals surface area contributed by atoms with Crippen molar-refractivity contribution in [2.45, 2.75) is 18.7 Å². The fourth-order valence-corrected chi connectivity index (χ4v) is 4.13. The van der Waals surface area contributed by atoms with E-state index in [-0.39, 0.29) is 11.9 Å². The van der Waals surface area contributed by atoms with Crippen LogP contribution in [0, 0.1) is 5.82 Å². The maximum atomic E-state index is 13.4. The lowest BCUT2D eigenvalue weighted by Crippen LogP contribution is -2.33. The highest BCUT2D eigenvalue weighted by Crippen LogP contribution is 2.49. The van der Waals surface area contributed by atoms with Crippen molar-refractivity contribution in [1.82, 2.24) is 5.01 Å². The first-order chi connectivity index (χ1) is 14.1. The highest BCUT2D eigenvalue weighted by atomic mass is 35.5. The fraction of sp³-hybridized carbons (Fsp3) is 0.174. The summed E-state index contributed by atoms with van der Waals surface area (Å²) < 4.78 is 25.3. The van der Waals surface area contributed by atoms with Gasteiger partial charge in [0.2, 0.25) is 6.23 Å². The minimum Gasteiger partial charge on any atom is -0.496 e. The van der Waals surface area contributed by atoms with Crippen molar-refractivity contribution in [3.05, 3.63) is 94.3 Å². The molecule has 0 N–H and O–H groups in total. The Morgan fingerprint density at radius 3 is 2.66 bits per heavy atom. The van der Waals surface area contributed by atoms with E-state index in [1.54, 1.807) is 19.2 Å². The average molecular weight is 409 g/mol. The summed E-state index contributed by atoms with van der Waals surface area (Å²) in [5.74, 6) is 1.25. The van der Waals surface area contributed by atoms with Crippen LogP contribution in [0.2, 0.25) is 5.02 Å². The number of hydrogen-bond acceptors (Lipinski definition) is 4. The van der Waals surface area contributed by atoms with Gasteiger partial charge in [0.1, 0.15) is 17.3 Å². The Morgan fingerprint density at radius 2 is 1.86 bits per heavy atom. The Morgan fingerprint density at radius 1 is 1.07 bits per heavy atom. The van der Waals surface area contributed by atoms with Gasteiger partial charge in [-0.15, -0.1) is 0 Å². The van der Waals surface area contributed by atoms with Gasteiger partial charge in [0.05, 0.1) is 24.4 Å². The van der Waals surface area contributed by atoms with Crippen molar-refractivity contribution in [2.24, 2.45) is 5.10 Å². The third kappa shape index (κ3) is 3.12. The van der Waals surface area contributed by atoms with Gasteiger partial charge in [-0.1, -0.05) is 35.9 Å². The predicted octanol–water partition coefficient (Wildman–Crippen LogP) is 5.73. The van der Waals surface area contributed by atoms with E-state index in [9.17, 15) is 4.39 Å². The molecule has 3 aromatic rings. The number of benzene rings is 3. The minimum absolute atomic E-state index is 0.0348. The molecule has 0 radical (unpaired) electrons. The van der Waals surface area contributed by atoms with Gasteiger partial charge >= 0.3 is 0 Å². The molecule has 4 nitrogen and oxygen atoms in total. The fourth-order valence-electron chi connectivity index (χ4n) is 3.95. The van der Waals surface area contributed by atoms with Gasteiger partial charge in [-0.05, 0) is 48.0 Å². The van der Waals surface area contributed by atoms with Crippen LogP contribution in [0.4, 0.5) is 4.39 Å². The third-order valence-corrected chi connectivity index (χ3v) is 5.57. The average Bonchev–Trinajstić information content (AvgIpc) is 3.19. The van der Waals surface area contributed by atoms with E-state index in [1.165, 1.54) is 12.1 Å². The van der Waals surface area contributed by atoms with Crippen LogP contribution in [0.5, 0.6) is 11.5 Å². The largest absolute Gasteiger partial charge is 0.496 e. The van der Waals surface area contributed by atoms with Crippen molar-refractivity contribution in [2.75, 3.05) is 7.11 Å². The molecule has 5 rings (SSSR count). The molecular formula is C23H18ClFN2O2. The van der Waals surface area contributed by atoms with Gasteiger partial charge in [-0.3, -0.25) is 0 Å². The maximum absolute atomic E-state index is 13.4. The van der Waals surface area contributed by atoms with E-state index in [0.717, 1.165) is 33.9 Å². The van der Waals surface area contributed by atoms with E-state index in [0.29, 0.717) is 11.4 Å². The lowest BCUT2D eigenvalue weighted by atomic mass is 9.96. The zero-order valence-electron chi connectivity index (χ0n) is 15.7. The number of fused-ring (bicyclic) bond motifs is 3. The highest BCUT2D eigenvalue weighted by molar-refractivity contribution is 6.30. The van der Waals surface area contributed by atoms with Crippen LogP contribution in [-0.2, 0) is 0 Å². The number of hydrogen-bond donors (Lipinski definition) is 0. The molecule has 0 fully saturated rings. The third-order valence-electron chi connectivity index (χ3n) is 5.33. The van der Waals surface area contributed by atoms with Gasteiger partial charge in [0, 0.05) is 17.0 Å². The molecule has 0 unspecified atom stereocenters. The summed E-state index contributed by atoms with van der Waals surface area (Å²) in [6.45, 7) is 0. The summed E-state index contributed by atoms with van der Waals surface area (Å²) in [5, 5.41) is 7.48. The molecule has 0 bridgehead atoms. The summed E-state index contributed by atoms with van der Waals surface area (Å²) in [7, 11) is 1.64.